The quantitative estimate of drug-likeness (QED) is 0.915. The Morgan fingerprint density at radius 1 is 1.33 bits per heavy atom. The lowest BCUT2D eigenvalue weighted by atomic mass is 10.2. The minimum atomic E-state index is -0.354. The van der Waals surface area contributed by atoms with Crippen molar-refractivity contribution in [2.45, 2.75) is 40.3 Å². The Morgan fingerprint density at radius 3 is 2.48 bits per heavy atom. The van der Waals surface area contributed by atoms with Crippen molar-refractivity contribution in [2.24, 2.45) is 7.05 Å². The number of aryl methyl sites for hydroxylation is 3. The summed E-state index contributed by atoms with van der Waals surface area (Å²) >= 11 is 3.40. The van der Waals surface area contributed by atoms with Crippen LogP contribution in [0.1, 0.15) is 35.6 Å². The van der Waals surface area contributed by atoms with E-state index in [4.69, 9.17) is 0 Å². The van der Waals surface area contributed by atoms with Crippen LogP contribution in [0.4, 0.5) is 0 Å². The molecule has 1 atom stereocenters. The Kier molecular flexibility index (Phi) is 4.51. The van der Waals surface area contributed by atoms with E-state index in [0.29, 0.717) is 6.54 Å². The second-order valence-electron chi connectivity index (χ2n) is 5.21. The Labute approximate surface area is 132 Å². The SMILES string of the molecule is Cc1nn(C(C)C(=O)NCc2c(C)nn(C)c2C)cc1Br. The van der Waals surface area contributed by atoms with Crippen LogP contribution in [0.25, 0.3) is 0 Å². The molecule has 1 unspecified atom stereocenters. The molecule has 0 spiro atoms. The fraction of sp³-hybridized carbons (Fsp3) is 0.500. The van der Waals surface area contributed by atoms with Crippen molar-refractivity contribution in [3.8, 4) is 0 Å². The Balaban J connectivity index is 2.04. The molecule has 2 heterocycles. The van der Waals surface area contributed by atoms with E-state index in [9.17, 15) is 4.79 Å². The first-order valence-electron chi connectivity index (χ1n) is 6.79. The monoisotopic (exact) mass is 353 g/mol. The summed E-state index contributed by atoms with van der Waals surface area (Å²) in [7, 11) is 1.90. The highest BCUT2D eigenvalue weighted by Crippen LogP contribution is 2.17. The van der Waals surface area contributed by atoms with Gasteiger partial charge in [0.05, 0.1) is 15.9 Å². The second kappa shape index (κ2) is 6.01. The Bertz CT molecular complexity index is 654. The minimum Gasteiger partial charge on any atom is -0.350 e. The molecule has 6 nitrogen and oxygen atoms in total. The summed E-state index contributed by atoms with van der Waals surface area (Å²) in [5, 5.41) is 11.6. The second-order valence-corrected chi connectivity index (χ2v) is 6.06. The van der Waals surface area contributed by atoms with Gasteiger partial charge >= 0.3 is 0 Å². The van der Waals surface area contributed by atoms with E-state index < -0.39 is 0 Å². The maximum atomic E-state index is 12.3. The largest absolute Gasteiger partial charge is 0.350 e. The van der Waals surface area contributed by atoms with E-state index in [0.717, 1.165) is 27.1 Å². The van der Waals surface area contributed by atoms with Gasteiger partial charge in [-0.25, -0.2) is 0 Å². The minimum absolute atomic E-state index is 0.0624. The molecule has 21 heavy (non-hydrogen) atoms. The van der Waals surface area contributed by atoms with E-state index >= 15 is 0 Å². The summed E-state index contributed by atoms with van der Waals surface area (Å²) in [5.74, 6) is -0.0624. The van der Waals surface area contributed by atoms with E-state index in [1.165, 1.54) is 0 Å². The van der Waals surface area contributed by atoms with Crippen molar-refractivity contribution >= 4 is 21.8 Å². The Morgan fingerprint density at radius 2 is 2.00 bits per heavy atom. The molecular weight excluding hydrogens is 334 g/mol. The lowest BCUT2D eigenvalue weighted by Gasteiger charge is -2.13. The summed E-state index contributed by atoms with van der Waals surface area (Å²) in [6.45, 7) is 8.16. The van der Waals surface area contributed by atoms with Crippen LogP contribution in [0.3, 0.4) is 0 Å². The zero-order chi connectivity index (χ0) is 15.7. The highest BCUT2D eigenvalue weighted by atomic mass is 79.9. The topological polar surface area (TPSA) is 64.7 Å². The number of carbonyl (C=O) groups is 1. The number of rotatable bonds is 4. The molecular formula is C14H20BrN5O. The number of hydrogen-bond donors (Lipinski definition) is 1. The van der Waals surface area contributed by atoms with Gasteiger partial charge in [-0.05, 0) is 43.6 Å². The molecule has 114 valence electrons. The molecule has 0 saturated heterocycles. The maximum absolute atomic E-state index is 12.3. The van der Waals surface area contributed by atoms with Gasteiger partial charge in [0.1, 0.15) is 6.04 Å². The molecule has 0 aliphatic heterocycles. The fourth-order valence-corrected chi connectivity index (χ4v) is 2.46. The lowest BCUT2D eigenvalue weighted by Crippen LogP contribution is -2.31. The van der Waals surface area contributed by atoms with Crippen LogP contribution in [-0.4, -0.2) is 25.5 Å². The van der Waals surface area contributed by atoms with Gasteiger partial charge in [-0.15, -0.1) is 0 Å². The highest BCUT2D eigenvalue weighted by Gasteiger charge is 2.18. The van der Waals surface area contributed by atoms with Crippen molar-refractivity contribution in [2.75, 3.05) is 0 Å². The molecule has 0 aliphatic carbocycles. The number of halogens is 1. The average molecular weight is 354 g/mol. The van der Waals surface area contributed by atoms with Gasteiger partial charge in [0.2, 0.25) is 5.91 Å². The molecule has 0 aromatic carbocycles. The molecule has 2 aromatic rings. The number of hydrogen-bond acceptors (Lipinski definition) is 3. The van der Waals surface area contributed by atoms with Gasteiger partial charge in [-0.3, -0.25) is 14.2 Å². The van der Waals surface area contributed by atoms with Crippen LogP contribution in [0.15, 0.2) is 10.7 Å². The predicted molar refractivity (Wildman–Crippen MR) is 83.9 cm³/mol. The first-order valence-corrected chi connectivity index (χ1v) is 7.58. The fourth-order valence-electron chi connectivity index (χ4n) is 2.17. The van der Waals surface area contributed by atoms with Crippen molar-refractivity contribution < 1.29 is 4.79 Å². The van der Waals surface area contributed by atoms with Gasteiger partial charge in [0.25, 0.3) is 0 Å². The van der Waals surface area contributed by atoms with Gasteiger partial charge in [0.15, 0.2) is 0 Å². The van der Waals surface area contributed by atoms with Crippen LogP contribution >= 0.6 is 15.9 Å². The molecule has 0 saturated carbocycles. The van der Waals surface area contributed by atoms with E-state index in [1.807, 2.05) is 45.6 Å². The molecule has 0 radical (unpaired) electrons. The molecule has 1 amide bonds. The number of nitrogens with zero attached hydrogens (tertiary/aromatic N) is 4. The van der Waals surface area contributed by atoms with Crippen LogP contribution in [-0.2, 0) is 18.4 Å². The molecule has 2 aromatic heterocycles. The van der Waals surface area contributed by atoms with E-state index in [2.05, 4.69) is 31.4 Å². The smallest absolute Gasteiger partial charge is 0.244 e. The molecule has 1 N–H and O–H groups in total. The molecule has 7 heteroatoms. The number of nitrogens with one attached hydrogen (secondary N) is 1. The summed E-state index contributed by atoms with van der Waals surface area (Å²) < 4.78 is 4.40. The first kappa shape index (κ1) is 15.8. The molecule has 2 rings (SSSR count). The predicted octanol–water partition coefficient (Wildman–Crippen LogP) is 2.18. The molecule has 0 bridgehead atoms. The zero-order valence-electron chi connectivity index (χ0n) is 12.9. The number of aromatic nitrogens is 4. The van der Waals surface area contributed by atoms with Crippen LogP contribution < -0.4 is 5.32 Å². The maximum Gasteiger partial charge on any atom is 0.244 e. The first-order chi connectivity index (χ1) is 9.81. The van der Waals surface area contributed by atoms with Gasteiger partial charge < -0.3 is 5.32 Å². The Hall–Kier alpha value is -1.63. The third-order valence-electron chi connectivity index (χ3n) is 3.73. The number of amides is 1. The normalized spacial score (nSPS) is 12.5. The summed E-state index contributed by atoms with van der Waals surface area (Å²) in [6.07, 6.45) is 1.82. The van der Waals surface area contributed by atoms with Crippen molar-refractivity contribution in [1.29, 1.82) is 0 Å². The third-order valence-corrected chi connectivity index (χ3v) is 4.51. The average Bonchev–Trinajstić information content (AvgIpc) is 2.88. The summed E-state index contributed by atoms with van der Waals surface area (Å²) in [6, 6.07) is -0.354. The zero-order valence-corrected chi connectivity index (χ0v) is 14.5. The van der Waals surface area contributed by atoms with Crippen molar-refractivity contribution in [1.82, 2.24) is 24.9 Å². The van der Waals surface area contributed by atoms with E-state index in [-0.39, 0.29) is 11.9 Å². The summed E-state index contributed by atoms with van der Waals surface area (Å²) in [5.41, 5.74) is 3.95. The number of carbonyl (C=O) groups excluding carboxylic acids is 1. The van der Waals surface area contributed by atoms with Gasteiger partial charge in [0, 0.05) is 31.0 Å². The van der Waals surface area contributed by atoms with E-state index in [1.54, 1.807) is 4.68 Å². The molecule has 0 aliphatic rings. The van der Waals surface area contributed by atoms with Crippen LogP contribution in [0.2, 0.25) is 0 Å². The van der Waals surface area contributed by atoms with Gasteiger partial charge in [-0.2, -0.15) is 10.2 Å². The van der Waals surface area contributed by atoms with Crippen molar-refractivity contribution in [3.63, 3.8) is 0 Å². The van der Waals surface area contributed by atoms with Gasteiger partial charge in [-0.1, -0.05) is 0 Å². The summed E-state index contributed by atoms with van der Waals surface area (Å²) in [4.78, 5) is 12.3. The highest BCUT2D eigenvalue weighted by molar-refractivity contribution is 9.10. The van der Waals surface area contributed by atoms with Crippen LogP contribution in [0, 0.1) is 20.8 Å². The third kappa shape index (κ3) is 3.18. The molecule has 0 fully saturated rings. The standard InChI is InChI=1S/C14H20BrN5O/c1-8-12(10(3)19(5)17-8)6-16-14(21)11(4)20-7-13(15)9(2)18-20/h7,11H,6H2,1-5H3,(H,16,21). The van der Waals surface area contributed by atoms with Crippen molar-refractivity contribution in [3.05, 3.63) is 33.3 Å². The lowest BCUT2D eigenvalue weighted by molar-refractivity contribution is -0.124. The van der Waals surface area contributed by atoms with Crippen LogP contribution in [0.5, 0.6) is 0 Å².